The molecule has 0 bridgehead atoms. The highest BCUT2D eigenvalue weighted by Gasteiger charge is 2.05. The van der Waals surface area contributed by atoms with Crippen LogP contribution in [0.5, 0.6) is 0 Å². The SMILES string of the molecule is COCCNCc1ccc2c(ccn2CCC(=O)OC)c1. The lowest BCUT2D eigenvalue weighted by Crippen LogP contribution is -2.18. The molecule has 0 saturated carbocycles. The number of fused-ring (bicyclic) bond motifs is 1. The van der Waals surface area contributed by atoms with Crippen molar-refractivity contribution in [2.24, 2.45) is 0 Å². The van der Waals surface area contributed by atoms with Crippen LogP contribution in [-0.4, -0.2) is 37.9 Å². The fourth-order valence-corrected chi connectivity index (χ4v) is 2.28. The molecule has 2 rings (SSSR count). The molecule has 0 unspecified atom stereocenters. The number of rotatable bonds is 8. The molecule has 0 spiro atoms. The van der Waals surface area contributed by atoms with Gasteiger partial charge in [0, 0.05) is 38.5 Å². The second kappa shape index (κ2) is 7.81. The van der Waals surface area contributed by atoms with Gasteiger partial charge in [-0.05, 0) is 29.1 Å². The van der Waals surface area contributed by atoms with Crippen molar-refractivity contribution in [2.45, 2.75) is 19.5 Å². The van der Waals surface area contributed by atoms with Gasteiger partial charge in [0.25, 0.3) is 0 Å². The summed E-state index contributed by atoms with van der Waals surface area (Å²) in [5.41, 5.74) is 2.38. The van der Waals surface area contributed by atoms with E-state index in [0.29, 0.717) is 19.6 Å². The van der Waals surface area contributed by atoms with Gasteiger partial charge >= 0.3 is 5.97 Å². The number of nitrogens with zero attached hydrogens (tertiary/aromatic N) is 1. The van der Waals surface area contributed by atoms with E-state index in [4.69, 9.17) is 4.74 Å². The number of nitrogens with one attached hydrogen (secondary N) is 1. The Hall–Kier alpha value is -1.85. The fraction of sp³-hybridized carbons (Fsp3) is 0.438. The van der Waals surface area contributed by atoms with Crippen molar-refractivity contribution in [3.05, 3.63) is 36.0 Å². The van der Waals surface area contributed by atoms with E-state index >= 15 is 0 Å². The van der Waals surface area contributed by atoms with Gasteiger partial charge in [-0.15, -0.1) is 0 Å². The highest BCUT2D eigenvalue weighted by molar-refractivity contribution is 5.81. The predicted molar refractivity (Wildman–Crippen MR) is 82.2 cm³/mol. The van der Waals surface area contributed by atoms with Crippen LogP contribution < -0.4 is 5.32 Å². The van der Waals surface area contributed by atoms with Crippen LogP contribution in [0.2, 0.25) is 0 Å². The second-order valence-electron chi connectivity index (χ2n) is 4.90. The van der Waals surface area contributed by atoms with E-state index < -0.39 is 0 Å². The van der Waals surface area contributed by atoms with E-state index in [9.17, 15) is 4.79 Å². The number of aromatic nitrogens is 1. The normalized spacial score (nSPS) is 11.0. The molecule has 5 heteroatoms. The van der Waals surface area contributed by atoms with Gasteiger partial charge in [-0.1, -0.05) is 6.07 Å². The zero-order valence-electron chi connectivity index (χ0n) is 12.6. The molecule has 0 aliphatic rings. The summed E-state index contributed by atoms with van der Waals surface area (Å²) in [5, 5.41) is 4.51. The van der Waals surface area contributed by atoms with E-state index in [2.05, 4.69) is 38.9 Å². The molecule has 0 atom stereocenters. The first-order valence-electron chi connectivity index (χ1n) is 7.09. The number of benzene rings is 1. The molecule has 0 radical (unpaired) electrons. The Morgan fingerprint density at radius 1 is 1.29 bits per heavy atom. The Kier molecular flexibility index (Phi) is 5.78. The van der Waals surface area contributed by atoms with Crippen LogP contribution in [0.4, 0.5) is 0 Å². The molecular weight excluding hydrogens is 268 g/mol. The van der Waals surface area contributed by atoms with Crippen molar-refractivity contribution in [1.82, 2.24) is 9.88 Å². The van der Waals surface area contributed by atoms with Crippen molar-refractivity contribution >= 4 is 16.9 Å². The Balaban J connectivity index is 1.99. The van der Waals surface area contributed by atoms with Crippen molar-refractivity contribution in [3.8, 4) is 0 Å². The molecular formula is C16H22N2O3. The molecule has 2 aromatic rings. The third kappa shape index (κ3) is 4.31. The minimum atomic E-state index is -0.184. The van der Waals surface area contributed by atoms with Gasteiger partial charge in [0.2, 0.25) is 0 Å². The molecule has 5 nitrogen and oxygen atoms in total. The zero-order chi connectivity index (χ0) is 15.1. The molecule has 0 aliphatic carbocycles. The third-order valence-corrected chi connectivity index (χ3v) is 3.43. The first kappa shape index (κ1) is 15.5. The summed E-state index contributed by atoms with van der Waals surface area (Å²) in [6.07, 6.45) is 2.40. The van der Waals surface area contributed by atoms with Crippen LogP contribution >= 0.6 is 0 Å². The Bertz CT molecular complexity index is 592. The number of hydrogen-bond acceptors (Lipinski definition) is 4. The Morgan fingerprint density at radius 3 is 2.90 bits per heavy atom. The number of aryl methyl sites for hydroxylation is 1. The van der Waals surface area contributed by atoms with Crippen molar-refractivity contribution in [1.29, 1.82) is 0 Å². The number of ether oxygens (including phenoxy) is 2. The molecule has 1 aromatic heterocycles. The van der Waals surface area contributed by atoms with Crippen LogP contribution in [0.3, 0.4) is 0 Å². The van der Waals surface area contributed by atoms with E-state index in [1.807, 2.05) is 6.20 Å². The van der Waals surface area contributed by atoms with E-state index in [1.54, 1.807) is 7.11 Å². The summed E-state index contributed by atoms with van der Waals surface area (Å²) in [6, 6.07) is 8.45. The standard InChI is InChI=1S/C16H22N2O3/c1-20-10-7-17-12-13-3-4-15-14(11-13)5-8-18(15)9-6-16(19)21-2/h3-5,8,11,17H,6-7,9-10,12H2,1-2H3. The summed E-state index contributed by atoms with van der Waals surface area (Å²) in [5.74, 6) is -0.184. The molecule has 1 aromatic carbocycles. The van der Waals surface area contributed by atoms with E-state index in [0.717, 1.165) is 18.6 Å². The molecule has 1 heterocycles. The lowest BCUT2D eigenvalue weighted by Gasteiger charge is -2.07. The van der Waals surface area contributed by atoms with E-state index in [-0.39, 0.29) is 5.97 Å². The predicted octanol–water partition coefficient (Wildman–Crippen LogP) is 1.94. The summed E-state index contributed by atoms with van der Waals surface area (Å²) < 4.78 is 11.8. The van der Waals surface area contributed by atoms with Gasteiger partial charge in [0.15, 0.2) is 0 Å². The minimum absolute atomic E-state index is 0.184. The van der Waals surface area contributed by atoms with Gasteiger partial charge < -0.3 is 19.4 Å². The molecule has 0 amide bonds. The third-order valence-electron chi connectivity index (χ3n) is 3.43. The van der Waals surface area contributed by atoms with Crippen LogP contribution in [-0.2, 0) is 27.4 Å². The lowest BCUT2D eigenvalue weighted by atomic mass is 10.1. The first-order valence-corrected chi connectivity index (χ1v) is 7.09. The molecule has 21 heavy (non-hydrogen) atoms. The van der Waals surface area contributed by atoms with Gasteiger partial charge in [-0.3, -0.25) is 4.79 Å². The smallest absolute Gasteiger partial charge is 0.307 e. The zero-order valence-corrected chi connectivity index (χ0v) is 12.6. The number of methoxy groups -OCH3 is 2. The van der Waals surface area contributed by atoms with Crippen molar-refractivity contribution < 1.29 is 14.3 Å². The summed E-state index contributed by atoms with van der Waals surface area (Å²) in [6.45, 7) is 3.02. The monoisotopic (exact) mass is 290 g/mol. The average molecular weight is 290 g/mol. The molecule has 0 fully saturated rings. The quantitative estimate of drug-likeness (QED) is 0.596. The largest absolute Gasteiger partial charge is 0.469 e. The number of esters is 1. The molecule has 1 N–H and O–H groups in total. The molecule has 114 valence electrons. The Morgan fingerprint density at radius 2 is 2.14 bits per heavy atom. The van der Waals surface area contributed by atoms with Crippen LogP contribution in [0.15, 0.2) is 30.5 Å². The highest BCUT2D eigenvalue weighted by Crippen LogP contribution is 2.18. The topological polar surface area (TPSA) is 52.5 Å². The maximum Gasteiger partial charge on any atom is 0.307 e. The number of carbonyl (C=O) groups is 1. The summed E-state index contributed by atoms with van der Waals surface area (Å²) in [7, 11) is 3.11. The summed E-state index contributed by atoms with van der Waals surface area (Å²) in [4.78, 5) is 11.2. The van der Waals surface area contributed by atoms with Gasteiger partial charge in [-0.25, -0.2) is 0 Å². The minimum Gasteiger partial charge on any atom is -0.469 e. The number of hydrogen-bond donors (Lipinski definition) is 1. The Labute approximate surface area is 124 Å². The maximum absolute atomic E-state index is 11.2. The second-order valence-corrected chi connectivity index (χ2v) is 4.90. The van der Waals surface area contributed by atoms with Crippen molar-refractivity contribution in [3.63, 3.8) is 0 Å². The lowest BCUT2D eigenvalue weighted by molar-refractivity contribution is -0.140. The maximum atomic E-state index is 11.2. The van der Waals surface area contributed by atoms with Gasteiger partial charge in [0.1, 0.15) is 0 Å². The van der Waals surface area contributed by atoms with E-state index in [1.165, 1.54) is 18.1 Å². The van der Waals surface area contributed by atoms with Gasteiger partial charge in [0.05, 0.1) is 20.1 Å². The highest BCUT2D eigenvalue weighted by atomic mass is 16.5. The molecule has 0 saturated heterocycles. The molecule has 0 aliphatic heterocycles. The van der Waals surface area contributed by atoms with Crippen LogP contribution in [0, 0.1) is 0 Å². The first-order chi connectivity index (χ1) is 10.2. The fourth-order valence-electron chi connectivity index (χ4n) is 2.28. The number of carbonyl (C=O) groups excluding carboxylic acids is 1. The van der Waals surface area contributed by atoms with Crippen molar-refractivity contribution in [2.75, 3.05) is 27.4 Å². The van der Waals surface area contributed by atoms with Crippen LogP contribution in [0.25, 0.3) is 10.9 Å². The van der Waals surface area contributed by atoms with Crippen LogP contribution in [0.1, 0.15) is 12.0 Å². The average Bonchev–Trinajstić information content (AvgIpc) is 2.91. The van der Waals surface area contributed by atoms with Gasteiger partial charge in [-0.2, -0.15) is 0 Å². The summed E-state index contributed by atoms with van der Waals surface area (Å²) >= 11 is 0.